The van der Waals surface area contributed by atoms with E-state index in [0.717, 1.165) is 50.9 Å². The summed E-state index contributed by atoms with van der Waals surface area (Å²) in [5.74, 6) is -0.224. The van der Waals surface area contributed by atoms with Crippen molar-refractivity contribution in [3.05, 3.63) is 72.9 Å². The fourth-order valence-corrected chi connectivity index (χ4v) is 6.84. The van der Waals surface area contributed by atoms with Crippen molar-refractivity contribution in [2.45, 2.75) is 193 Å². The SMILES string of the molecule is CC/C=C\CC(O)/C=C/C=C/C/C=C\C/C=C\C/C=C\CCC(=O)OC[C@H](COP(=O)(O)OC[C@@H](O)CO)OC(=O)CCCCCCCCCCCCCCCCCC(C)C. The fourth-order valence-electron chi connectivity index (χ4n) is 6.05. The third-order valence-electron chi connectivity index (χ3n) is 9.65. The van der Waals surface area contributed by atoms with E-state index in [9.17, 15) is 29.3 Å². The Hall–Kier alpha value is -2.63. The van der Waals surface area contributed by atoms with Crippen molar-refractivity contribution in [1.29, 1.82) is 0 Å². The molecule has 0 aromatic rings. The van der Waals surface area contributed by atoms with Gasteiger partial charge in [0.2, 0.25) is 0 Å². The predicted octanol–water partition coefficient (Wildman–Crippen LogP) is 11.7. The summed E-state index contributed by atoms with van der Waals surface area (Å²) >= 11 is 0. The van der Waals surface area contributed by atoms with E-state index in [1.165, 1.54) is 77.0 Å². The summed E-state index contributed by atoms with van der Waals surface area (Å²) in [5, 5.41) is 28.2. The van der Waals surface area contributed by atoms with Crippen LogP contribution >= 0.6 is 7.82 Å². The van der Waals surface area contributed by atoms with Gasteiger partial charge in [-0.2, -0.15) is 0 Å². The average Bonchev–Trinajstić information content (AvgIpc) is 3.23. The molecule has 0 saturated carbocycles. The number of hydrogen-bond acceptors (Lipinski definition) is 10. The number of phosphoric acid groups is 1. The minimum absolute atomic E-state index is 0.0987. The van der Waals surface area contributed by atoms with Gasteiger partial charge in [0.15, 0.2) is 6.10 Å². The number of rotatable bonds is 42. The van der Waals surface area contributed by atoms with E-state index < -0.39 is 57.9 Å². The molecule has 0 amide bonds. The van der Waals surface area contributed by atoms with Crippen LogP contribution in [0.2, 0.25) is 0 Å². The molecule has 0 aliphatic heterocycles. The number of unbranched alkanes of at least 4 members (excludes halogenated alkanes) is 14. The van der Waals surface area contributed by atoms with E-state index in [-0.39, 0.29) is 19.4 Å². The number of carbonyl (C=O) groups excluding carboxylic acids is 2. The van der Waals surface area contributed by atoms with Crippen molar-refractivity contribution in [1.82, 2.24) is 0 Å². The molecule has 11 nitrogen and oxygen atoms in total. The topological polar surface area (TPSA) is 169 Å². The van der Waals surface area contributed by atoms with Crippen molar-refractivity contribution >= 4 is 19.8 Å². The van der Waals surface area contributed by atoms with Crippen LogP contribution in [-0.4, -0.2) is 76.9 Å². The van der Waals surface area contributed by atoms with Crippen LogP contribution in [0.3, 0.4) is 0 Å². The lowest BCUT2D eigenvalue weighted by Crippen LogP contribution is -2.29. The summed E-state index contributed by atoms with van der Waals surface area (Å²) in [4.78, 5) is 35.0. The molecule has 0 radical (unpaired) electrons. The predicted molar refractivity (Wildman–Crippen MR) is 248 cm³/mol. The van der Waals surface area contributed by atoms with Gasteiger partial charge in [-0.25, -0.2) is 4.57 Å². The molecular formula is C49H85O11P. The molecule has 4 atom stereocenters. The van der Waals surface area contributed by atoms with Gasteiger partial charge in [0.05, 0.1) is 25.9 Å². The van der Waals surface area contributed by atoms with E-state index in [4.69, 9.17) is 19.1 Å². The number of aliphatic hydroxyl groups excluding tert-OH is 3. The highest BCUT2D eigenvalue weighted by Gasteiger charge is 2.27. The Morgan fingerprint density at radius 3 is 1.69 bits per heavy atom. The Morgan fingerprint density at radius 1 is 0.607 bits per heavy atom. The minimum atomic E-state index is -4.65. The van der Waals surface area contributed by atoms with Crippen molar-refractivity contribution in [3.8, 4) is 0 Å². The first-order valence-electron chi connectivity index (χ1n) is 23.4. The van der Waals surface area contributed by atoms with Crippen LogP contribution < -0.4 is 0 Å². The Morgan fingerprint density at radius 2 is 1.13 bits per heavy atom. The highest BCUT2D eigenvalue weighted by atomic mass is 31.2. The normalized spacial score (nSPS) is 15.0. The lowest BCUT2D eigenvalue weighted by Gasteiger charge is -2.20. The van der Waals surface area contributed by atoms with Crippen LogP contribution in [0.25, 0.3) is 0 Å². The first kappa shape index (κ1) is 58.4. The summed E-state index contributed by atoms with van der Waals surface area (Å²) in [6.45, 7) is 4.42. The standard InChI is InChI=1S/C49H85O11P/c1-4-5-30-36-45(51)37-32-27-23-19-15-11-9-13-16-20-24-28-33-38-48(53)57-42-47(43-59-61(55,56)58-41-46(52)40-50)60-49(54)39-34-29-25-21-17-12-8-6-7-10-14-18-22-26-31-35-44(2)3/h5,11,13,15-16,23-24,27-28,30,32,37,44-47,50-52H,4,6-10,12,14,17-22,25-26,29,31,33-36,38-43H2,1-3H3,(H,55,56)/b15-11-,16-13-,27-23+,28-24-,30-5-,37-32+/t45?,46-,47+/m0/s1. The molecule has 0 aliphatic carbocycles. The minimum Gasteiger partial charge on any atom is -0.462 e. The second-order valence-electron chi connectivity index (χ2n) is 16.1. The molecule has 0 bridgehead atoms. The molecule has 2 unspecified atom stereocenters. The second-order valence-corrected chi connectivity index (χ2v) is 17.5. The molecule has 0 heterocycles. The zero-order valence-corrected chi connectivity index (χ0v) is 39.0. The zero-order chi connectivity index (χ0) is 45.1. The van der Waals surface area contributed by atoms with E-state index >= 15 is 0 Å². The van der Waals surface area contributed by atoms with Gasteiger partial charge in [0, 0.05) is 12.8 Å². The third-order valence-corrected chi connectivity index (χ3v) is 10.6. The summed E-state index contributed by atoms with van der Waals surface area (Å²) in [6.07, 6.45) is 45.0. The number of aliphatic hydroxyl groups is 3. The molecule has 0 spiro atoms. The number of allylic oxidation sites excluding steroid dienone is 10. The lowest BCUT2D eigenvalue weighted by molar-refractivity contribution is -0.161. The van der Waals surface area contributed by atoms with Gasteiger partial charge in [0.1, 0.15) is 12.7 Å². The smallest absolute Gasteiger partial charge is 0.462 e. The van der Waals surface area contributed by atoms with Crippen LogP contribution in [0.4, 0.5) is 0 Å². The molecule has 4 N–H and O–H groups in total. The average molecular weight is 881 g/mol. The van der Waals surface area contributed by atoms with Crippen molar-refractivity contribution in [2.75, 3.05) is 26.4 Å². The summed E-state index contributed by atoms with van der Waals surface area (Å²) in [6, 6.07) is 0. The number of hydrogen-bond donors (Lipinski definition) is 4. The molecule has 0 rings (SSSR count). The van der Waals surface area contributed by atoms with Gasteiger partial charge in [-0.15, -0.1) is 0 Å². The highest BCUT2D eigenvalue weighted by Crippen LogP contribution is 2.43. The summed E-state index contributed by atoms with van der Waals surface area (Å²) < 4.78 is 32.7. The zero-order valence-electron chi connectivity index (χ0n) is 38.1. The van der Waals surface area contributed by atoms with Gasteiger partial charge in [-0.05, 0) is 50.9 Å². The number of carbonyl (C=O) groups is 2. The van der Waals surface area contributed by atoms with Gasteiger partial charge in [0.25, 0.3) is 0 Å². The molecule has 0 aromatic carbocycles. The van der Waals surface area contributed by atoms with Gasteiger partial charge < -0.3 is 29.7 Å². The quantitative estimate of drug-likeness (QED) is 0.0151. The summed E-state index contributed by atoms with van der Waals surface area (Å²) in [5.41, 5.74) is 0. The second kappa shape index (κ2) is 42.7. The first-order chi connectivity index (χ1) is 29.5. The maximum atomic E-state index is 12.6. The monoisotopic (exact) mass is 881 g/mol. The molecule has 12 heteroatoms. The lowest BCUT2D eigenvalue weighted by atomic mass is 10.0. The molecule has 352 valence electrons. The molecule has 0 fully saturated rings. The molecule has 61 heavy (non-hydrogen) atoms. The summed E-state index contributed by atoms with van der Waals surface area (Å²) in [7, 11) is -4.65. The molecule has 0 aliphatic rings. The highest BCUT2D eigenvalue weighted by molar-refractivity contribution is 7.47. The van der Waals surface area contributed by atoms with Crippen molar-refractivity contribution in [2.24, 2.45) is 5.92 Å². The number of ether oxygens (including phenoxy) is 2. The van der Waals surface area contributed by atoms with Crippen molar-refractivity contribution < 1.29 is 52.9 Å². The van der Waals surface area contributed by atoms with Crippen LogP contribution in [-0.2, 0) is 32.7 Å². The van der Waals surface area contributed by atoms with E-state index in [1.54, 1.807) is 6.08 Å². The maximum Gasteiger partial charge on any atom is 0.472 e. The third kappa shape index (κ3) is 43.8. The van der Waals surface area contributed by atoms with Crippen LogP contribution in [0, 0.1) is 5.92 Å². The Balaban J connectivity index is 4.40. The Labute approximate surface area is 370 Å². The van der Waals surface area contributed by atoms with Crippen LogP contribution in [0.1, 0.15) is 175 Å². The Bertz CT molecular complexity index is 1270. The molecular weight excluding hydrogens is 796 g/mol. The molecule has 0 saturated heterocycles. The van der Waals surface area contributed by atoms with E-state index in [1.807, 2.05) is 48.6 Å². The van der Waals surface area contributed by atoms with Gasteiger partial charge >= 0.3 is 19.8 Å². The molecule has 0 aromatic heterocycles. The van der Waals surface area contributed by atoms with Crippen molar-refractivity contribution in [3.63, 3.8) is 0 Å². The van der Waals surface area contributed by atoms with E-state index in [2.05, 4.69) is 43.5 Å². The first-order valence-corrected chi connectivity index (χ1v) is 24.9. The number of phosphoric ester groups is 1. The van der Waals surface area contributed by atoms with Crippen LogP contribution in [0.5, 0.6) is 0 Å². The van der Waals surface area contributed by atoms with Gasteiger partial charge in [-0.3, -0.25) is 18.6 Å². The maximum absolute atomic E-state index is 12.6. The van der Waals surface area contributed by atoms with E-state index in [0.29, 0.717) is 19.3 Å². The fraction of sp³-hybridized carbons (Fsp3) is 0.714. The largest absolute Gasteiger partial charge is 0.472 e. The van der Waals surface area contributed by atoms with Gasteiger partial charge in [-0.1, -0.05) is 190 Å². The number of esters is 2. The Kier molecular flexibility index (Phi) is 40.8. The van der Waals surface area contributed by atoms with Crippen LogP contribution in [0.15, 0.2) is 72.9 Å².